The first-order valence-corrected chi connectivity index (χ1v) is 16.3. The van der Waals surface area contributed by atoms with E-state index in [1.54, 1.807) is 18.9 Å². The molecule has 10 nitrogen and oxygen atoms in total. The third-order valence-electron chi connectivity index (χ3n) is 8.65. The van der Waals surface area contributed by atoms with Crippen LogP contribution in [0.25, 0.3) is 10.9 Å². The van der Waals surface area contributed by atoms with E-state index in [4.69, 9.17) is 23.9 Å². The number of anilines is 1. The van der Waals surface area contributed by atoms with E-state index in [2.05, 4.69) is 30.7 Å². The molecule has 3 fully saturated rings. The minimum atomic E-state index is -4.52. The van der Waals surface area contributed by atoms with Crippen LogP contribution in [0.2, 0.25) is 0 Å². The number of methoxy groups -OCH3 is 1. The molecule has 0 saturated carbocycles. The number of hydrogen-bond donors (Lipinski definition) is 0. The Kier molecular flexibility index (Phi) is 9.96. The molecule has 1 aromatic heterocycles. The molecule has 0 radical (unpaired) electrons. The molecule has 14 heteroatoms. The van der Waals surface area contributed by atoms with Gasteiger partial charge in [0.1, 0.15) is 23.0 Å². The maximum atomic E-state index is 13.3. The van der Waals surface area contributed by atoms with Gasteiger partial charge in [0.2, 0.25) is 0 Å². The zero-order valence-electron chi connectivity index (χ0n) is 26.6. The Morgan fingerprint density at radius 1 is 1.09 bits per heavy atom. The van der Waals surface area contributed by atoms with Crippen molar-refractivity contribution in [3.63, 3.8) is 0 Å². The van der Waals surface area contributed by atoms with Crippen LogP contribution in [0.4, 0.5) is 23.8 Å². The molecule has 0 bridgehead atoms. The van der Waals surface area contributed by atoms with Crippen molar-refractivity contribution in [3.8, 4) is 11.8 Å². The Labute approximate surface area is 270 Å². The van der Waals surface area contributed by atoms with Crippen molar-refractivity contribution >= 4 is 38.7 Å². The summed E-state index contributed by atoms with van der Waals surface area (Å²) in [6.07, 6.45) is -1.72. The smallest absolute Gasteiger partial charge is 0.422 e. The molecule has 0 aliphatic carbocycles. The van der Waals surface area contributed by atoms with Gasteiger partial charge in [-0.15, -0.1) is 0 Å². The van der Waals surface area contributed by atoms with Gasteiger partial charge in [0.25, 0.3) is 0 Å². The molecule has 1 amide bonds. The van der Waals surface area contributed by atoms with E-state index >= 15 is 0 Å². The lowest BCUT2D eigenvalue weighted by molar-refractivity contribution is -0.153. The molecule has 250 valence electrons. The molecule has 1 spiro atoms. The number of fused-ring (bicyclic) bond motifs is 1. The SMILES string of the molecule is COCCN1CCC(Oc2nc(N3CCC4(CC3)CN(C(=O)OC(C)(C)C)C4)c3cc(C)c(Br)c(OCC(F)(F)F)c3n2)CC1. The van der Waals surface area contributed by atoms with Crippen LogP contribution in [0.3, 0.4) is 0 Å². The van der Waals surface area contributed by atoms with Crippen molar-refractivity contribution in [2.75, 3.05) is 71.0 Å². The van der Waals surface area contributed by atoms with Gasteiger partial charge in [0.15, 0.2) is 12.4 Å². The number of ether oxygens (including phenoxy) is 4. The molecule has 5 rings (SSSR count). The first-order valence-electron chi connectivity index (χ1n) is 15.5. The molecular formula is C31H43BrF3N5O5. The lowest BCUT2D eigenvalue weighted by Gasteiger charge is -2.53. The topological polar surface area (TPSA) is 89.5 Å². The number of carbonyl (C=O) groups is 1. The lowest BCUT2D eigenvalue weighted by atomic mass is 9.72. The average molecular weight is 703 g/mol. The Morgan fingerprint density at radius 3 is 2.36 bits per heavy atom. The van der Waals surface area contributed by atoms with Crippen LogP contribution >= 0.6 is 15.9 Å². The van der Waals surface area contributed by atoms with E-state index in [-0.39, 0.29) is 34.9 Å². The second-order valence-electron chi connectivity index (χ2n) is 13.4. The molecule has 0 N–H and O–H groups in total. The zero-order chi connectivity index (χ0) is 32.6. The predicted molar refractivity (Wildman–Crippen MR) is 167 cm³/mol. The number of benzene rings is 1. The fraction of sp³-hybridized carbons (Fsp3) is 0.710. The highest BCUT2D eigenvalue weighted by atomic mass is 79.9. The molecule has 3 aliphatic heterocycles. The summed E-state index contributed by atoms with van der Waals surface area (Å²) in [5, 5.41) is 0.606. The maximum Gasteiger partial charge on any atom is 0.422 e. The van der Waals surface area contributed by atoms with Crippen molar-refractivity contribution in [2.24, 2.45) is 5.41 Å². The number of nitrogens with zero attached hydrogens (tertiary/aromatic N) is 5. The van der Waals surface area contributed by atoms with Gasteiger partial charge in [-0.25, -0.2) is 4.79 Å². The molecule has 2 aromatic rings. The van der Waals surface area contributed by atoms with E-state index in [0.717, 1.165) is 45.3 Å². The van der Waals surface area contributed by atoms with Crippen LogP contribution in [0.5, 0.6) is 11.8 Å². The number of aryl methyl sites for hydroxylation is 1. The minimum absolute atomic E-state index is 0.00623. The number of carbonyl (C=O) groups excluding carboxylic acids is 1. The van der Waals surface area contributed by atoms with Gasteiger partial charge < -0.3 is 33.6 Å². The van der Waals surface area contributed by atoms with Crippen LogP contribution in [-0.4, -0.2) is 110 Å². The van der Waals surface area contributed by atoms with Crippen molar-refractivity contribution in [1.82, 2.24) is 19.8 Å². The summed E-state index contributed by atoms with van der Waals surface area (Å²) in [6, 6.07) is 2.01. The second-order valence-corrected chi connectivity index (χ2v) is 14.2. The summed E-state index contributed by atoms with van der Waals surface area (Å²) in [5.41, 5.74) is 0.441. The van der Waals surface area contributed by atoms with Crippen molar-refractivity contribution in [3.05, 3.63) is 16.1 Å². The van der Waals surface area contributed by atoms with E-state index < -0.39 is 18.4 Å². The number of amides is 1. The molecule has 3 aliphatic rings. The first-order chi connectivity index (χ1) is 21.2. The highest BCUT2D eigenvalue weighted by Crippen LogP contribution is 2.45. The van der Waals surface area contributed by atoms with Crippen LogP contribution in [-0.2, 0) is 9.47 Å². The van der Waals surface area contributed by atoms with E-state index in [1.807, 2.05) is 26.8 Å². The highest BCUT2D eigenvalue weighted by Gasteiger charge is 2.48. The Morgan fingerprint density at radius 2 is 1.76 bits per heavy atom. The molecule has 4 heterocycles. The minimum Gasteiger partial charge on any atom is -0.481 e. The number of rotatable bonds is 8. The Bertz CT molecular complexity index is 1360. The van der Waals surface area contributed by atoms with Crippen molar-refractivity contribution < 1.29 is 36.9 Å². The van der Waals surface area contributed by atoms with E-state index in [9.17, 15) is 18.0 Å². The van der Waals surface area contributed by atoms with Gasteiger partial charge in [-0.1, -0.05) is 0 Å². The van der Waals surface area contributed by atoms with Gasteiger partial charge in [-0.2, -0.15) is 23.1 Å². The number of likely N-dealkylation sites (tertiary alicyclic amines) is 2. The van der Waals surface area contributed by atoms with E-state index in [1.165, 1.54) is 0 Å². The van der Waals surface area contributed by atoms with Crippen LogP contribution in [0.15, 0.2) is 10.5 Å². The summed E-state index contributed by atoms with van der Waals surface area (Å²) in [6.45, 7) is 11.7. The molecule has 1 aromatic carbocycles. The van der Waals surface area contributed by atoms with Crippen LogP contribution in [0, 0.1) is 12.3 Å². The monoisotopic (exact) mass is 701 g/mol. The normalized spacial score (nSPS) is 19.6. The third kappa shape index (κ3) is 8.23. The van der Waals surface area contributed by atoms with Gasteiger partial charge in [-0.05, 0) is 80.9 Å². The van der Waals surface area contributed by atoms with Gasteiger partial charge >= 0.3 is 18.3 Å². The summed E-state index contributed by atoms with van der Waals surface area (Å²) in [7, 11) is 1.68. The fourth-order valence-corrected chi connectivity index (χ4v) is 6.65. The number of piperidine rings is 2. The molecule has 3 saturated heterocycles. The predicted octanol–water partition coefficient (Wildman–Crippen LogP) is 5.97. The molecular weight excluding hydrogens is 659 g/mol. The highest BCUT2D eigenvalue weighted by molar-refractivity contribution is 9.10. The molecule has 0 unspecified atom stereocenters. The zero-order valence-corrected chi connectivity index (χ0v) is 28.2. The average Bonchev–Trinajstić information content (AvgIpc) is 2.94. The second kappa shape index (κ2) is 13.3. The number of alkyl halides is 3. The maximum absolute atomic E-state index is 13.3. The van der Waals surface area contributed by atoms with Gasteiger partial charge in [0, 0.05) is 63.7 Å². The summed E-state index contributed by atoms with van der Waals surface area (Å²) in [5.74, 6) is 0.629. The van der Waals surface area contributed by atoms with E-state index in [0.29, 0.717) is 54.0 Å². The van der Waals surface area contributed by atoms with Gasteiger partial charge in [-0.3, -0.25) is 0 Å². The van der Waals surface area contributed by atoms with Crippen LogP contribution < -0.4 is 14.4 Å². The molecule has 45 heavy (non-hydrogen) atoms. The van der Waals surface area contributed by atoms with Gasteiger partial charge in [0.05, 0.1) is 11.1 Å². The molecule has 0 atom stereocenters. The van der Waals surface area contributed by atoms with Crippen LogP contribution in [0.1, 0.15) is 52.0 Å². The third-order valence-corrected chi connectivity index (χ3v) is 9.64. The number of aromatic nitrogens is 2. The summed E-state index contributed by atoms with van der Waals surface area (Å²) in [4.78, 5) is 28.2. The standard InChI is InChI=1S/C31H43BrF3N5O5/c1-20-16-22-24(25(23(20)32)43-19-31(33,34)35)36-27(44-21-6-10-38(11-7-21)14-15-42-5)37-26(22)39-12-8-30(9-13-39)17-40(18-30)28(41)45-29(2,3)4/h16,21H,6-15,17-19H2,1-5H3. The number of hydrogen-bond acceptors (Lipinski definition) is 9. The first kappa shape index (κ1) is 33.8. The number of halogens is 4. The Balaban J connectivity index is 1.38. The Hall–Kier alpha value is -2.58. The fourth-order valence-electron chi connectivity index (χ4n) is 6.23. The summed E-state index contributed by atoms with van der Waals surface area (Å²) < 4.78 is 62.6. The largest absolute Gasteiger partial charge is 0.481 e. The quantitative estimate of drug-likeness (QED) is 0.330. The lowest BCUT2D eigenvalue weighted by Crippen LogP contribution is -2.62. The van der Waals surface area contributed by atoms with Crippen molar-refractivity contribution in [2.45, 2.75) is 71.3 Å². The van der Waals surface area contributed by atoms with Crippen molar-refractivity contribution in [1.29, 1.82) is 0 Å². The summed E-state index contributed by atoms with van der Waals surface area (Å²) >= 11 is 3.44.